The molecule has 1 atom stereocenters. The van der Waals surface area contributed by atoms with Gasteiger partial charge in [0.05, 0.1) is 21.5 Å². The maximum Gasteiger partial charge on any atom is 0.417 e. The van der Waals surface area contributed by atoms with Gasteiger partial charge in [0.2, 0.25) is 9.84 Å². The molecule has 0 radical (unpaired) electrons. The number of nitrogens with zero attached hydrogens (tertiary/aromatic N) is 3. The molecule has 28 heavy (non-hydrogen) atoms. The normalized spacial score (nSPS) is 14.8. The molecule has 0 saturated heterocycles. The minimum absolute atomic E-state index is 0.246. The molecule has 0 fully saturated rings. The SMILES string of the molecule is CS(=O)(=NC=C(C#N)S(=O)(=O)c1ccc(C(F)(F)F)cn1)c1ccc(Cl)cc1. The van der Waals surface area contributed by atoms with E-state index in [-0.39, 0.29) is 4.90 Å². The average molecular weight is 450 g/mol. The largest absolute Gasteiger partial charge is 0.417 e. The summed E-state index contributed by atoms with van der Waals surface area (Å²) in [6.07, 6.45) is -2.52. The van der Waals surface area contributed by atoms with Gasteiger partial charge in [-0.05, 0) is 36.4 Å². The second-order valence-electron chi connectivity index (χ2n) is 5.35. The van der Waals surface area contributed by atoms with E-state index in [0.717, 1.165) is 0 Å². The first-order chi connectivity index (χ1) is 12.9. The van der Waals surface area contributed by atoms with Gasteiger partial charge in [-0.15, -0.1) is 0 Å². The van der Waals surface area contributed by atoms with Crippen molar-refractivity contribution in [2.24, 2.45) is 4.36 Å². The third kappa shape index (κ3) is 4.89. The lowest BCUT2D eigenvalue weighted by atomic mass is 10.3. The van der Waals surface area contributed by atoms with Crippen LogP contribution < -0.4 is 0 Å². The van der Waals surface area contributed by atoms with Crippen LogP contribution in [-0.4, -0.2) is 23.9 Å². The fourth-order valence-corrected chi connectivity index (χ4v) is 4.11. The average Bonchev–Trinajstić information content (AvgIpc) is 2.61. The standard InChI is InChI=1S/C16H11ClF3N3O3S2/c1-27(24,13-5-3-12(17)4-6-13)23-10-14(8-21)28(25,26)15-7-2-11(9-22-15)16(18,19)20/h2-7,9-10H,1H3. The summed E-state index contributed by atoms with van der Waals surface area (Å²) in [6.45, 7) is 0. The Morgan fingerprint density at radius 3 is 2.25 bits per heavy atom. The van der Waals surface area contributed by atoms with Crippen molar-refractivity contribution in [3.63, 3.8) is 0 Å². The molecule has 2 aromatic rings. The molecule has 1 heterocycles. The van der Waals surface area contributed by atoms with E-state index in [9.17, 15) is 25.8 Å². The zero-order chi connectivity index (χ0) is 21.2. The van der Waals surface area contributed by atoms with E-state index in [4.69, 9.17) is 16.9 Å². The monoisotopic (exact) mass is 449 g/mol. The Morgan fingerprint density at radius 2 is 1.79 bits per heavy atom. The molecule has 0 aliphatic heterocycles. The van der Waals surface area contributed by atoms with Crippen LogP contribution in [0.15, 0.2) is 68.0 Å². The Labute approximate surface area is 164 Å². The maximum absolute atomic E-state index is 12.6. The highest BCUT2D eigenvalue weighted by Crippen LogP contribution is 2.29. The van der Waals surface area contributed by atoms with E-state index >= 15 is 0 Å². The van der Waals surface area contributed by atoms with Crippen molar-refractivity contribution in [2.45, 2.75) is 16.1 Å². The van der Waals surface area contributed by atoms with E-state index in [1.807, 2.05) is 0 Å². The Kier molecular flexibility index (Phi) is 6.18. The predicted molar refractivity (Wildman–Crippen MR) is 96.3 cm³/mol. The molecule has 0 aliphatic rings. The van der Waals surface area contributed by atoms with Gasteiger partial charge in [0, 0.05) is 22.4 Å². The van der Waals surface area contributed by atoms with E-state index < -0.39 is 41.2 Å². The van der Waals surface area contributed by atoms with Crippen LogP contribution in [0, 0.1) is 11.3 Å². The molecule has 0 saturated carbocycles. The quantitative estimate of drug-likeness (QED) is 0.655. The minimum Gasteiger partial charge on any atom is -0.245 e. The summed E-state index contributed by atoms with van der Waals surface area (Å²) in [5.41, 5.74) is -1.14. The highest BCUT2D eigenvalue weighted by atomic mass is 35.5. The van der Waals surface area contributed by atoms with E-state index in [0.29, 0.717) is 29.6 Å². The number of sulfone groups is 1. The summed E-state index contributed by atoms with van der Waals surface area (Å²) in [5, 5.41) is 8.76. The lowest BCUT2D eigenvalue weighted by Crippen LogP contribution is -2.09. The van der Waals surface area contributed by atoms with Crippen LogP contribution in [0.4, 0.5) is 13.2 Å². The van der Waals surface area contributed by atoms with Crippen molar-refractivity contribution in [3.05, 3.63) is 64.3 Å². The van der Waals surface area contributed by atoms with Gasteiger partial charge >= 0.3 is 6.18 Å². The summed E-state index contributed by atoms with van der Waals surface area (Å²) < 4.78 is 78.9. The number of pyridine rings is 1. The second-order valence-corrected chi connectivity index (χ2v) is 9.94. The molecule has 0 spiro atoms. The zero-order valence-electron chi connectivity index (χ0n) is 14.0. The van der Waals surface area contributed by atoms with E-state index in [1.165, 1.54) is 36.6 Å². The number of alkyl halides is 3. The van der Waals surface area contributed by atoms with Gasteiger partial charge in [0.15, 0.2) is 9.93 Å². The van der Waals surface area contributed by atoms with Crippen LogP contribution in [0.2, 0.25) is 5.02 Å². The molecule has 1 unspecified atom stereocenters. The van der Waals surface area contributed by atoms with Crippen LogP contribution in [0.25, 0.3) is 0 Å². The number of benzene rings is 1. The molecule has 148 valence electrons. The van der Waals surface area contributed by atoms with Crippen molar-refractivity contribution >= 4 is 31.2 Å². The van der Waals surface area contributed by atoms with Crippen LogP contribution in [0.3, 0.4) is 0 Å². The number of aromatic nitrogens is 1. The molecule has 0 N–H and O–H groups in total. The smallest absolute Gasteiger partial charge is 0.245 e. The van der Waals surface area contributed by atoms with Gasteiger partial charge in [0.1, 0.15) is 6.07 Å². The van der Waals surface area contributed by atoms with Crippen LogP contribution in [0.5, 0.6) is 0 Å². The van der Waals surface area contributed by atoms with Crippen molar-refractivity contribution in [1.82, 2.24) is 4.98 Å². The number of rotatable bonds is 4. The zero-order valence-corrected chi connectivity index (χ0v) is 16.4. The maximum atomic E-state index is 12.6. The first-order valence-corrected chi connectivity index (χ1v) is 11.0. The van der Waals surface area contributed by atoms with Gasteiger partial charge < -0.3 is 0 Å². The summed E-state index contributed by atoms with van der Waals surface area (Å²) in [5.74, 6) is 0. The molecule has 6 nitrogen and oxygen atoms in total. The van der Waals surface area contributed by atoms with Crippen LogP contribution in [0.1, 0.15) is 5.56 Å². The molecular weight excluding hydrogens is 439 g/mol. The Balaban J connectivity index is 2.47. The minimum atomic E-state index is -4.69. The van der Waals surface area contributed by atoms with Gasteiger partial charge in [-0.1, -0.05) is 11.6 Å². The molecule has 0 bridgehead atoms. The van der Waals surface area contributed by atoms with Crippen molar-refractivity contribution in [2.75, 3.05) is 6.26 Å². The first kappa shape index (κ1) is 21.9. The number of nitriles is 1. The second kappa shape index (κ2) is 7.90. The van der Waals surface area contributed by atoms with Gasteiger partial charge in [-0.3, -0.25) is 0 Å². The fraction of sp³-hybridized carbons (Fsp3) is 0.125. The molecule has 1 aromatic heterocycles. The fourth-order valence-electron chi connectivity index (χ4n) is 1.87. The van der Waals surface area contributed by atoms with Crippen LogP contribution >= 0.6 is 11.6 Å². The van der Waals surface area contributed by atoms with Gasteiger partial charge in [-0.2, -0.15) is 18.4 Å². The van der Waals surface area contributed by atoms with Crippen molar-refractivity contribution in [3.8, 4) is 6.07 Å². The van der Waals surface area contributed by atoms with E-state index in [1.54, 1.807) is 0 Å². The molecule has 0 amide bonds. The summed E-state index contributed by atoms with van der Waals surface area (Å²) in [7, 11) is -7.64. The molecular formula is C16H11ClF3N3O3S2. The number of halogens is 4. The van der Waals surface area contributed by atoms with Crippen molar-refractivity contribution in [1.29, 1.82) is 5.26 Å². The Morgan fingerprint density at radius 1 is 1.18 bits per heavy atom. The van der Waals surface area contributed by atoms with Gasteiger partial charge in [-0.25, -0.2) is 22.0 Å². The molecule has 12 heteroatoms. The lowest BCUT2D eigenvalue weighted by Gasteiger charge is -2.07. The third-order valence-corrected chi connectivity index (χ3v) is 6.84. The highest BCUT2D eigenvalue weighted by Gasteiger charge is 2.32. The highest BCUT2D eigenvalue weighted by molar-refractivity contribution is 7.95. The summed E-state index contributed by atoms with van der Waals surface area (Å²) >= 11 is 5.74. The van der Waals surface area contributed by atoms with E-state index in [2.05, 4.69) is 9.35 Å². The Hall–Kier alpha value is -2.42. The third-order valence-electron chi connectivity index (χ3n) is 3.36. The van der Waals surface area contributed by atoms with Gasteiger partial charge in [0.25, 0.3) is 0 Å². The summed E-state index contributed by atoms with van der Waals surface area (Å²) in [4.78, 5) is 2.60. The number of hydrogen-bond donors (Lipinski definition) is 0. The molecule has 0 aliphatic carbocycles. The number of allylic oxidation sites excluding steroid dienone is 1. The Bertz CT molecular complexity index is 1170. The topological polar surface area (TPSA) is 100 Å². The lowest BCUT2D eigenvalue weighted by molar-refractivity contribution is -0.137. The molecule has 1 aromatic carbocycles. The number of hydrogen-bond acceptors (Lipinski definition) is 6. The predicted octanol–water partition coefficient (Wildman–Crippen LogP) is 4.05. The van der Waals surface area contributed by atoms with Crippen molar-refractivity contribution < 1.29 is 25.8 Å². The first-order valence-electron chi connectivity index (χ1n) is 7.23. The van der Waals surface area contributed by atoms with Crippen LogP contribution in [-0.2, 0) is 25.7 Å². The molecule has 2 rings (SSSR count). The summed E-state index contributed by atoms with van der Waals surface area (Å²) in [6, 6.07) is 8.34.